The highest BCUT2D eigenvalue weighted by Crippen LogP contribution is 2.62. The molecular weight excluding hydrogens is 433 g/mol. The van der Waals surface area contributed by atoms with Crippen LogP contribution in [0.3, 0.4) is 0 Å². The summed E-state index contributed by atoms with van der Waals surface area (Å²) in [6.07, 6.45) is 5.37. The van der Waals surface area contributed by atoms with E-state index in [-0.39, 0.29) is 0 Å². The summed E-state index contributed by atoms with van der Waals surface area (Å²) in [7, 11) is -4.74. The zero-order valence-electron chi connectivity index (χ0n) is 19.2. The van der Waals surface area contributed by atoms with E-state index in [2.05, 4.69) is 41.5 Å². The van der Waals surface area contributed by atoms with Gasteiger partial charge in [-0.05, 0) is 43.1 Å². The first-order chi connectivity index (χ1) is 14.2. The number of hydrogen-bond acceptors (Lipinski definition) is 8. The van der Waals surface area contributed by atoms with Crippen LogP contribution in [-0.2, 0) is 27.5 Å². The summed E-state index contributed by atoms with van der Waals surface area (Å²) in [5.41, 5.74) is 0. The van der Waals surface area contributed by atoms with Crippen molar-refractivity contribution in [2.24, 2.45) is 4.52 Å². The molecule has 0 aromatic rings. The maximum absolute atomic E-state index is 6.10. The van der Waals surface area contributed by atoms with Crippen molar-refractivity contribution in [1.29, 1.82) is 0 Å². The van der Waals surface area contributed by atoms with Crippen LogP contribution in [0.2, 0.25) is 0 Å². The van der Waals surface area contributed by atoms with Gasteiger partial charge in [-0.25, -0.2) is 0 Å². The standard InChI is InChI=1S/C18H43N2O6P3/c1-7-13-21-20(29(25-17-11-5)26-18-12-6)27(22-14-8-2)19-28(23-15-9-3)24-16-10-4/h28H,7-18H2,1-6H3. The second-order valence-corrected chi connectivity index (χ2v) is 10.8. The van der Waals surface area contributed by atoms with Gasteiger partial charge in [-0.15, -0.1) is 0 Å². The minimum Gasteiger partial charge on any atom is -0.326 e. The fraction of sp³-hybridized carbons (Fsp3) is 1.00. The minimum atomic E-state index is -1.83. The fourth-order valence-corrected chi connectivity index (χ4v) is 7.12. The summed E-state index contributed by atoms with van der Waals surface area (Å²) in [5, 5.41) is 0. The van der Waals surface area contributed by atoms with Crippen molar-refractivity contribution in [2.75, 3.05) is 39.6 Å². The first-order valence-corrected chi connectivity index (χ1v) is 14.5. The van der Waals surface area contributed by atoms with Crippen LogP contribution in [0, 0.1) is 0 Å². The van der Waals surface area contributed by atoms with E-state index in [4.69, 9.17) is 32.0 Å². The van der Waals surface area contributed by atoms with E-state index in [1.807, 2.05) is 0 Å². The Hall–Kier alpha value is 0.810. The molecule has 11 heteroatoms. The third-order valence-electron chi connectivity index (χ3n) is 2.95. The Kier molecular flexibility index (Phi) is 22.6. The van der Waals surface area contributed by atoms with Crippen LogP contribution in [0.15, 0.2) is 4.52 Å². The highest BCUT2D eigenvalue weighted by Gasteiger charge is 2.33. The Morgan fingerprint density at radius 1 is 0.621 bits per heavy atom. The Balaban J connectivity index is 5.67. The molecule has 0 fully saturated rings. The van der Waals surface area contributed by atoms with Gasteiger partial charge in [0.1, 0.15) is 0 Å². The van der Waals surface area contributed by atoms with E-state index >= 15 is 0 Å². The van der Waals surface area contributed by atoms with Crippen LogP contribution in [0.25, 0.3) is 0 Å². The molecule has 8 nitrogen and oxygen atoms in total. The van der Waals surface area contributed by atoms with Gasteiger partial charge in [0.15, 0.2) is 0 Å². The van der Waals surface area contributed by atoms with Crippen LogP contribution < -0.4 is 0 Å². The second-order valence-electron chi connectivity index (χ2n) is 6.14. The quantitative estimate of drug-likeness (QED) is 0.126. The molecule has 0 aliphatic heterocycles. The molecule has 0 aliphatic carbocycles. The van der Waals surface area contributed by atoms with Gasteiger partial charge in [0.25, 0.3) is 17.0 Å². The molecule has 0 saturated heterocycles. The van der Waals surface area contributed by atoms with E-state index in [1.165, 1.54) is 0 Å². The number of rotatable bonds is 21. The molecule has 176 valence electrons. The molecule has 0 aromatic carbocycles. The van der Waals surface area contributed by atoms with Gasteiger partial charge in [-0.2, -0.15) is 4.52 Å². The van der Waals surface area contributed by atoms with E-state index < -0.39 is 25.1 Å². The Bertz CT molecular complexity index is 379. The largest absolute Gasteiger partial charge is 0.326 e. The Morgan fingerprint density at radius 3 is 1.52 bits per heavy atom. The molecule has 0 amide bonds. The van der Waals surface area contributed by atoms with E-state index in [9.17, 15) is 0 Å². The van der Waals surface area contributed by atoms with Crippen LogP contribution >= 0.6 is 25.1 Å². The highest BCUT2D eigenvalue weighted by molar-refractivity contribution is 7.65. The minimum absolute atomic E-state index is 0.543. The molecule has 0 N–H and O–H groups in total. The molecule has 0 spiro atoms. The van der Waals surface area contributed by atoms with Gasteiger partial charge < -0.3 is 22.6 Å². The van der Waals surface area contributed by atoms with Crippen molar-refractivity contribution in [3.8, 4) is 0 Å². The van der Waals surface area contributed by atoms with Gasteiger partial charge in [-0.3, -0.25) is 4.84 Å². The van der Waals surface area contributed by atoms with Gasteiger partial charge >= 0.3 is 0 Å². The molecule has 0 heterocycles. The van der Waals surface area contributed by atoms with Crippen molar-refractivity contribution in [3.63, 3.8) is 0 Å². The lowest BCUT2D eigenvalue weighted by Gasteiger charge is -2.31. The Morgan fingerprint density at radius 2 is 1.07 bits per heavy atom. The van der Waals surface area contributed by atoms with E-state index in [0.717, 1.165) is 38.5 Å². The average Bonchev–Trinajstić information content (AvgIpc) is 2.74. The van der Waals surface area contributed by atoms with Crippen LogP contribution in [0.5, 0.6) is 0 Å². The summed E-state index contributed by atoms with van der Waals surface area (Å²) in [6.45, 7) is 16.0. The monoisotopic (exact) mass is 476 g/mol. The molecule has 1 unspecified atom stereocenters. The van der Waals surface area contributed by atoms with Gasteiger partial charge in [0, 0.05) is 0 Å². The van der Waals surface area contributed by atoms with Gasteiger partial charge in [0.05, 0.1) is 39.6 Å². The number of nitrogens with zero attached hydrogens (tertiary/aromatic N) is 2. The molecule has 1 atom stereocenters. The summed E-state index contributed by atoms with van der Waals surface area (Å²) < 4.78 is 36.5. The highest BCUT2D eigenvalue weighted by atomic mass is 31.2. The molecule has 0 bridgehead atoms. The van der Waals surface area contributed by atoms with Crippen LogP contribution in [0.1, 0.15) is 80.1 Å². The molecule has 29 heavy (non-hydrogen) atoms. The summed E-state index contributed by atoms with van der Waals surface area (Å²) in [4.78, 5) is 6.04. The van der Waals surface area contributed by atoms with Gasteiger partial charge in [-0.1, -0.05) is 41.5 Å². The second kappa shape index (κ2) is 22.0. The lowest BCUT2D eigenvalue weighted by atomic mass is 10.5. The maximum atomic E-state index is 6.10. The normalized spacial score (nSPS) is 13.0. The Labute approximate surface area is 181 Å². The third-order valence-corrected chi connectivity index (χ3v) is 8.11. The molecule has 0 saturated carbocycles. The third kappa shape index (κ3) is 15.3. The molecular formula is C18H43N2O6P3. The lowest BCUT2D eigenvalue weighted by Crippen LogP contribution is -2.18. The summed E-state index contributed by atoms with van der Waals surface area (Å²) in [5.74, 6) is 0. The molecule has 0 aromatic heterocycles. The van der Waals surface area contributed by atoms with E-state index in [0.29, 0.717) is 39.6 Å². The maximum Gasteiger partial charge on any atom is 0.291 e. The number of hydrogen-bond donors (Lipinski definition) is 0. The van der Waals surface area contributed by atoms with Crippen molar-refractivity contribution in [1.82, 2.24) is 4.60 Å². The average molecular weight is 476 g/mol. The summed E-state index contributed by atoms with van der Waals surface area (Å²) >= 11 is 0. The topological polar surface area (TPSA) is 71.0 Å². The fourth-order valence-electron chi connectivity index (χ4n) is 1.64. The lowest BCUT2D eigenvalue weighted by molar-refractivity contribution is -0.0393. The summed E-state index contributed by atoms with van der Waals surface area (Å²) in [6, 6.07) is 0. The van der Waals surface area contributed by atoms with Crippen LogP contribution in [-0.4, -0.2) is 44.2 Å². The zero-order chi connectivity index (χ0) is 21.7. The van der Waals surface area contributed by atoms with E-state index in [1.54, 1.807) is 4.60 Å². The molecule has 0 aliphatic rings. The first-order valence-electron chi connectivity index (χ1n) is 10.9. The SMILES string of the molecule is CCCON(P(N=[PH](OCCC)OCCC)OCCC)P(OCCC)OCCC. The van der Waals surface area contributed by atoms with Crippen molar-refractivity contribution < 1.29 is 27.5 Å². The molecule has 0 radical (unpaired) electrons. The first kappa shape index (κ1) is 29.8. The van der Waals surface area contributed by atoms with Crippen molar-refractivity contribution in [3.05, 3.63) is 0 Å². The van der Waals surface area contributed by atoms with Crippen molar-refractivity contribution in [2.45, 2.75) is 80.1 Å². The van der Waals surface area contributed by atoms with Crippen LogP contribution in [0.4, 0.5) is 0 Å². The smallest absolute Gasteiger partial charge is 0.291 e. The predicted octanol–water partition coefficient (Wildman–Crippen LogP) is 7.44. The van der Waals surface area contributed by atoms with Crippen molar-refractivity contribution >= 4 is 25.1 Å². The predicted molar refractivity (Wildman–Crippen MR) is 124 cm³/mol. The molecule has 0 rings (SSSR count). The zero-order valence-corrected chi connectivity index (χ0v) is 22.0. The van der Waals surface area contributed by atoms with Gasteiger partial charge in [0.2, 0.25) is 8.17 Å².